The number of allylic oxidation sites excluding steroid dienone is 1. The van der Waals surface area contributed by atoms with Gasteiger partial charge in [-0.25, -0.2) is 0 Å². The predicted molar refractivity (Wildman–Crippen MR) is 200 cm³/mol. The molecule has 0 aromatic rings. The maximum atomic E-state index is 14.1. The number of Topliss-reactive ketones (excluding diaryl/α,β-unsaturated/α-hetero) is 1. The molecule has 8 heteroatoms. The minimum absolute atomic E-state index is 0.00798. The molecular formula is C43H70N2O6. The molecule has 8 nitrogen and oxygen atoms in total. The van der Waals surface area contributed by atoms with Crippen LogP contribution < -0.4 is 5.73 Å². The summed E-state index contributed by atoms with van der Waals surface area (Å²) in [6.45, 7) is 22.7. The molecule has 288 valence electrons. The van der Waals surface area contributed by atoms with Gasteiger partial charge in [0.15, 0.2) is 5.78 Å². The van der Waals surface area contributed by atoms with E-state index in [1.54, 1.807) is 13.8 Å². The fourth-order valence-corrected chi connectivity index (χ4v) is 13.4. The minimum Gasteiger partial charge on any atom is -0.481 e. The number of hydrogen-bond donors (Lipinski definition) is 3. The number of nitrogens with two attached hydrogens (primary N) is 1. The summed E-state index contributed by atoms with van der Waals surface area (Å²) in [5, 5.41) is 22.0. The van der Waals surface area contributed by atoms with Crippen molar-refractivity contribution in [2.75, 3.05) is 26.2 Å². The van der Waals surface area contributed by atoms with Gasteiger partial charge in [0, 0.05) is 43.4 Å². The first-order valence-corrected chi connectivity index (χ1v) is 20.5. The van der Waals surface area contributed by atoms with Crippen molar-refractivity contribution in [1.29, 1.82) is 0 Å². The molecule has 0 radical (unpaired) electrons. The molecule has 4 N–H and O–H groups in total. The number of nitrogens with zero attached hydrogens (tertiary/aromatic N) is 1. The van der Waals surface area contributed by atoms with Gasteiger partial charge in [-0.15, -0.1) is 0 Å². The number of carboxylic acid groups (broad SMARTS) is 1. The van der Waals surface area contributed by atoms with Crippen LogP contribution in [0.3, 0.4) is 0 Å². The van der Waals surface area contributed by atoms with Crippen LogP contribution in [0.4, 0.5) is 0 Å². The number of carboxylic acids is 1. The number of aliphatic hydroxyl groups is 1. The molecule has 6 rings (SSSR count). The van der Waals surface area contributed by atoms with Crippen LogP contribution in [0.25, 0.3) is 0 Å². The molecule has 0 heterocycles. The highest BCUT2D eigenvalue weighted by atomic mass is 16.5. The zero-order chi connectivity index (χ0) is 37.5. The number of carbonyl (C=O) groups is 3. The summed E-state index contributed by atoms with van der Waals surface area (Å²) in [4.78, 5) is 41.3. The Bertz CT molecular complexity index is 1430. The Balaban J connectivity index is 1.28. The van der Waals surface area contributed by atoms with Crippen LogP contribution in [-0.4, -0.2) is 71.2 Å². The lowest BCUT2D eigenvalue weighted by molar-refractivity contribution is -0.235. The van der Waals surface area contributed by atoms with Gasteiger partial charge in [0.2, 0.25) is 0 Å². The van der Waals surface area contributed by atoms with E-state index in [9.17, 15) is 24.6 Å². The van der Waals surface area contributed by atoms with Gasteiger partial charge < -0.3 is 20.7 Å². The van der Waals surface area contributed by atoms with Crippen molar-refractivity contribution in [3.63, 3.8) is 0 Å². The maximum absolute atomic E-state index is 14.1. The van der Waals surface area contributed by atoms with Crippen molar-refractivity contribution in [2.45, 2.75) is 152 Å². The van der Waals surface area contributed by atoms with Gasteiger partial charge in [-0.1, -0.05) is 54.0 Å². The standard InChI is InChI=1S/C43H70N2O6/c1-26(2)35-29(46)22-43(32(47)25-45(21-20-44)24-27-10-11-27)19-18-41(8)28(36(35)43)12-13-31-40(7)16-15-33(51-34(48)23-38(3,4)37(49)50)39(5,6)30(40)14-17-42(31,41)9/h26-28,30-33,47H,10-25,44H2,1-9H3,(H,49,50). The Morgan fingerprint density at radius 2 is 1.63 bits per heavy atom. The maximum Gasteiger partial charge on any atom is 0.309 e. The topological polar surface area (TPSA) is 130 Å². The van der Waals surface area contributed by atoms with Crippen LogP contribution in [0.15, 0.2) is 11.1 Å². The number of aliphatic hydroxyl groups excluding tert-OH is 1. The van der Waals surface area contributed by atoms with Crippen LogP contribution in [-0.2, 0) is 19.1 Å². The minimum atomic E-state index is -1.16. The first-order chi connectivity index (χ1) is 23.7. The number of ketones is 1. The lowest BCUT2D eigenvalue weighted by Crippen LogP contribution is -2.66. The number of esters is 1. The molecule has 0 saturated heterocycles. The lowest BCUT2D eigenvalue weighted by atomic mass is 9.33. The van der Waals surface area contributed by atoms with E-state index < -0.39 is 28.9 Å². The molecule has 51 heavy (non-hydrogen) atoms. The quantitative estimate of drug-likeness (QED) is 0.179. The van der Waals surface area contributed by atoms with Gasteiger partial charge in [0.25, 0.3) is 0 Å². The lowest BCUT2D eigenvalue weighted by Gasteiger charge is -2.72. The summed E-state index contributed by atoms with van der Waals surface area (Å²) >= 11 is 0. The molecule has 0 aromatic heterocycles. The second-order valence-corrected chi connectivity index (χ2v) is 20.6. The van der Waals surface area contributed by atoms with E-state index in [0.717, 1.165) is 70.0 Å². The van der Waals surface area contributed by atoms with Crippen LogP contribution in [0.5, 0.6) is 0 Å². The molecule has 6 aliphatic carbocycles. The van der Waals surface area contributed by atoms with E-state index in [-0.39, 0.29) is 51.8 Å². The molecule has 0 amide bonds. The second-order valence-electron chi connectivity index (χ2n) is 20.6. The molecule has 0 spiro atoms. The second kappa shape index (κ2) is 13.2. The summed E-state index contributed by atoms with van der Waals surface area (Å²) in [5.41, 5.74) is 6.69. The number of hydrogen-bond acceptors (Lipinski definition) is 7. The van der Waals surface area contributed by atoms with Crippen LogP contribution in [0, 0.1) is 62.1 Å². The Labute approximate surface area is 308 Å². The average Bonchev–Trinajstić information content (AvgIpc) is 3.78. The zero-order valence-corrected chi connectivity index (χ0v) is 33.4. The molecule has 0 aliphatic heterocycles. The SMILES string of the molecule is CC(C)C1=C2C3CCC4C5(C)CCC(OC(=O)CC(C)(C)C(=O)O)C(C)(C)C5CCC4(C)C3(C)CCC2(C(O)CN(CCN)CC2CC2)CC1=O. The van der Waals surface area contributed by atoms with E-state index >= 15 is 0 Å². The number of rotatable bonds is 12. The van der Waals surface area contributed by atoms with Gasteiger partial charge in [0.05, 0.1) is 17.9 Å². The number of ether oxygens (including phenoxy) is 1. The van der Waals surface area contributed by atoms with E-state index in [1.165, 1.54) is 18.4 Å². The summed E-state index contributed by atoms with van der Waals surface area (Å²) < 4.78 is 6.17. The molecule has 0 bridgehead atoms. The first-order valence-electron chi connectivity index (χ1n) is 20.5. The third-order valence-electron chi connectivity index (χ3n) is 16.6. The Kier molecular flexibility index (Phi) is 10.1. The van der Waals surface area contributed by atoms with Crippen LogP contribution in [0.2, 0.25) is 0 Å². The molecule has 9 unspecified atom stereocenters. The average molecular weight is 711 g/mol. The van der Waals surface area contributed by atoms with E-state index in [4.69, 9.17) is 10.5 Å². The Morgan fingerprint density at radius 1 is 0.941 bits per heavy atom. The smallest absolute Gasteiger partial charge is 0.309 e. The highest BCUT2D eigenvalue weighted by molar-refractivity contribution is 6.00. The van der Waals surface area contributed by atoms with Crippen LogP contribution in [0.1, 0.15) is 139 Å². The highest BCUT2D eigenvalue weighted by Crippen LogP contribution is 2.77. The third-order valence-corrected chi connectivity index (χ3v) is 16.6. The number of carbonyl (C=O) groups excluding carboxylic acids is 2. The normalized spacial score (nSPS) is 39.7. The van der Waals surface area contributed by atoms with Crippen molar-refractivity contribution >= 4 is 17.7 Å². The number of fused-ring (bicyclic) bond motifs is 7. The van der Waals surface area contributed by atoms with Crippen molar-refractivity contribution in [3.05, 3.63) is 11.1 Å². The van der Waals surface area contributed by atoms with Crippen molar-refractivity contribution in [2.24, 2.45) is 67.8 Å². The number of aliphatic carboxylic acids is 1. The molecule has 5 saturated carbocycles. The third kappa shape index (κ3) is 6.17. The summed E-state index contributed by atoms with van der Waals surface area (Å²) in [6.07, 6.45) is 9.99. The van der Waals surface area contributed by atoms with Gasteiger partial charge in [0.1, 0.15) is 6.10 Å². The summed E-state index contributed by atoms with van der Waals surface area (Å²) in [5.74, 6) is 0.874. The van der Waals surface area contributed by atoms with Crippen LogP contribution >= 0.6 is 0 Å². The summed E-state index contributed by atoms with van der Waals surface area (Å²) in [6, 6.07) is 0. The molecule has 6 aliphatic rings. The van der Waals surface area contributed by atoms with Crippen molar-refractivity contribution in [3.8, 4) is 0 Å². The monoisotopic (exact) mass is 711 g/mol. The Hall–Kier alpha value is -1.77. The Morgan fingerprint density at radius 3 is 2.24 bits per heavy atom. The predicted octanol–water partition coefficient (Wildman–Crippen LogP) is 7.41. The molecule has 5 fully saturated rings. The fraction of sp³-hybridized carbons (Fsp3) is 0.884. The van der Waals surface area contributed by atoms with Gasteiger partial charge in [-0.05, 0) is 129 Å². The van der Waals surface area contributed by atoms with E-state index in [1.807, 2.05) is 0 Å². The van der Waals surface area contributed by atoms with Crippen molar-refractivity contribution < 1.29 is 29.3 Å². The summed E-state index contributed by atoms with van der Waals surface area (Å²) in [7, 11) is 0. The van der Waals surface area contributed by atoms with Crippen molar-refractivity contribution in [1.82, 2.24) is 4.90 Å². The van der Waals surface area contributed by atoms with E-state index in [0.29, 0.717) is 37.3 Å². The fourth-order valence-electron chi connectivity index (χ4n) is 13.4. The van der Waals surface area contributed by atoms with Gasteiger partial charge >= 0.3 is 11.9 Å². The molecule has 9 atom stereocenters. The van der Waals surface area contributed by atoms with E-state index in [2.05, 4.69) is 53.4 Å². The molecular weight excluding hydrogens is 640 g/mol. The highest BCUT2D eigenvalue weighted by Gasteiger charge is 2.71. The largest absolute Gasteiger partial charge is 0.481 e. The molecule has 0 aromatic carbocycles. The van der Waals surface area contributed by atoms with Gasteiger partial charge in [-0.3, -0.25) is 19.3 Å². The first kappa shape index (κ1) is 38.9. The van der Waals surface area contributed by atoms with Gasteiger partial charge in [-0.2, -0.15) is 0 Å². The zero-order valence-electron chi connectivity index (χ0n) is 33.4.